The molecule has 2 aromatic carbocycles. The molecule has 1 N–H and O–H groups in total. The molecular weight excluding hydrogens is 380 g/mol. The van der Waals surface area contributed by atoms with Crippen molar-refractivity contribution in [3.63, 3.8) is 0 Å². The number of nitrogens with zero attached hydrogens (tertiary/aromatic N) is 1. The Morgan fingerprint density at radius 3 is 2.30 bits per heavy atom. The molecule has 0 saturated heterocycles. The first kappa shape index (κ1) is 17.5. The van der Waals surface area contributed by atoms with E-state index >= 15 is 0 Å². The van der Waals surface area contributed by atoms with Gasteiger partial charge in [-0.25, -0.2) is 8.42 Å². The zero-order chi connectivity index (χ0) is 17.0. The minimum Gasteiger partial charge on any atom is -0.325 e. The monoisotopic (exact) mass is 396 g/mol. The lowest BCUT2D eigenvalue weighted by atomic mass is 10.2. The van der Waals surface area contributed by atoms with Gasteiger partial charge in [-0.1, -0.05) is 29.8 Å². The van der Waals surface area contributed by atoms with Gasteiger partial charge in [-0.15, -0.1) is 0 Å². The molecule has 0 bridgehead atoms. The van der Waals surface area contributed by atoms with E-state index in [1.54, 1.807) is 36.4 Å². The largest absolute Gasteiger partial charge is 0.325 e. The van der Waals surface area contributed by atoms with Crippen molar-refractivity contribution in [3.05, 3.63) is 58.6 Å². The van der Waals surface area contributed by atoms with Gasteiger partial charge in [0, 0.05) is 10.2 Å². The average Bonchev–Trinajstić information content (AvgIpc) is 2.47. The quantitative estimate of drug-likeness (QED) is 0.843. The number of rotatable bonds is 5. The molecule has 7 heteroatoms. The maximum absolute atomic E-state index is 12.2. The number of anilines is 2. The van der Waals surface area contributed by atoms with Crippen LogP contribution in [0.5, 0.6) is 0 Å². The summed E-state index contributed by atoms with van der Waals surface area (Å²) >= 11 is 3.32. The van der Waals surface area contributed by atoms with Crippen LogP contribution in [-0.2, 0) is 14.8 Å². The summed E-state index contributed by atoms with van der Waals surface area (Å²) in [7, 11) is -3.59. The Kier molecular flexibility index (Phi) is 5.43. The summed E-state index contributed by atoms with van der Waals surface area (Å²) in [6.07, 6.45) is 1.07. The molecule has 5 nitrogen and oxygen atoms in total. The Hall–Kier alpha value is -1.86. The Bertz CT molecular complexity index is 804. The second kappa shape index (κ2) is 7.14. The number of nitrogens with one attached hydrogen (secondary N) is 1. The second-order valence-corrected chi connectivity index (χ2v) is 7.90. The molecule has 122 valence electrons. The van der Waals surface area contributed by atoms with Crippen molar-refractivity contribution in [2.75, 3.05) is 22.4 Å². The number of aryl methyl sites for hydroxylation is 1. The minimum atomic E-state index is -3.59. The molecule has 0 heterocycles. The molecule has 0 aliphatic heterocycles. The van der Waals surface area contributed by atoms with Crippen LogP contribution in [0.25, 0.3) is 0 Å². The van der Waals surface area contributed by atoms with Crippen molar-refractivity contribution in [2.45, 2.75) is 6.92 Å². The number of hydrogen-bond acceptors (Lipinski definition) is 3. The van der Waals surface area contributed by atoms with Gasteiger partial charge in [0.25, 0.3) is 0 Å². The van der Waals surface area contributed by atoms with Crippen LogP contribution < -0.4 is 9.62 Å². The third-order valence-electron chi connectivity index (χ3n) is 3.14. The van der Waals surface area contributed by atoms with Gasteiger partial charge in [0.1, 0.15) is 6.54 Å². The fourth-order valence-corrected chi connectivity index (χ4v) is 3.49. The topological polar surface area (TPSA) is 66.5 Å². The molecule has 0 spiro atoms. The van der Waals surface area contributed by atoms with Crippen LogP contribution in [0.4, 0.5) is 11.4 Å². The van der Waals surface area contributed by atoms with E-state index < -0.39 is 15.9 Å². The van der Waals surface area contributed by atoms with E-state index in [1.165, 1.54) is 0 Å². The van der Waals surface area contributed by atoms with Crippen molar-refractivity contribution >= 4 is 43.2 Å². The van der Waals surface area contributed by atoms with Gasteiger partial charge < -0.3 is 5.32 Å². The van der Waals surface area contributed by atoms with Gasteiger partial charge >= 0.3 is 0 Å². The Labute approximate surface area is 144 Å². The first-order chi connectivity index (χ1) is 10.8. The lowest BCUT2D eigenvalue weighted by Crippen LogP contribution is -2.37. The van der Waals surface area contributed by atoms with Gasteiger partial charge in [0.15, 0.2) is 0 Å². The first-order valence-electron chi connectivity index (χ1n) is 6.86. The maximum Gasteiger partial charge on any atom is 0.245 e. The summed E-state index contributed by atoms with van der Waals surface area (Å²) in [5.74, 6) is -0.407. The Balaban J connectivity index is 2.20. The van der Waals surface area contributed by atoms with Gasteiger partial charge in [0.05, 0.1) is 11.9 Å². The molecule has 0 aliphatic rings. The predicted octanol–water partition coefficient (Wildman–Crippen LogP) is 3.16. The van der Waals surface area contributed by atoms with Crippen LogP contribution >= 0.6 is 15.9 Å². The lowest BCUT2D eigenvalue weighted by molar-refractivity contribution is -0.114. The van der Waals surface area contributed by atoms with E-state index in [2.05, 4.69) is 21.2 Å². The van der Waals surface area contributed by atoms with Crippen LogP contribution in [-0.4, -0.2) is 27.1 Å². The van der Waals surface area contributed by atoms with E-state index in [9.17, 15) is 13.2 Å². The van der Waals surface area contributed by atoms with Crippen LogP contribution in [0.1, 0.15) is 5.56 Å². The molecule has 0 saturated carbocycles. The third kappa shape index (κ3) is 4.80. The highest BCUT2D eigenvalue weighted by Gasteiger charge is 2.22. The summed E-state index contributed by atoms with van der Waals surface area (Å²) in [5.41, 5.74) is 2.13. The van der Waals surface area contributed by atoms with E-state index in [0.29, 0.717) is 15.8 Å². The number of halogens is 1. The molecule has 2 aromatic rings. The van der Waals surface area contributed by atoms with Crippen molar-refractivity contribution < 1.29 is 13.2 Å². The molecule has 0 fully saturated rings. The zero-order valence-electron chi connectivity index (χ0n) is 12.8. The number of amides is 1. The second-order valence-electron chi connectivity index (χ2n) is 5.14. The molecule has 2 rings (SSSR count). The molecule has 23 heavy (non-hydrogen) atoms. The summed E-state index contributed by atoms with van der Waals surface area (Å²) in [5, 5.41) is 2.70. The molecule has 1 amide bonds. The Morgan fingerprint density at radius 2 is 1.74 bits per heavy atom. The van der Waals surface area contributed by atoms with E-state index in [4.69, 9.17) is 0 Å². The van der Waals surface area contributed by atoms with E-state index in [0.717, 1.165) is 16.1 Å². The Morgan fingerprint density at radius 1 is 1.13 bits per heavy atom. The van der Waals surface area contributed by atoms with Gasteiger partial charge in [-0.2, -0.15) is 0 Å². The number of carbonyl (C=O) groups is 1. The normalized spacial score (nSPS) is 11.1. The van der Waals surface area contributed by atoms with Gasteiger partial charge in [0.2, 0.25) is 15.9 Å². The molecule has 0 unspecified atom stereocenters. The van der Waals surface area contributed by atoms with Crippen molar-refractivity contribution in [3.8, 4) is 0 Å². The van der Waals surface area contributed by atoms with Crippen molar-refractivity contribution in [1.82, 2.24) is 0 Å². The number of hydrogen-bond donors (Lipinski definition) is 1. The number of carbonyl (C=O) groups excluding carboxylic acids is 1. The molecule has 0 aliphatic carbocycles. The van der Waals surface area contributed by atoms with E-state index in [1.807, 2.05) is 19.1 Å². The van der Waals surface area contributed by atoms with Crippen LogP contribution in [0.3, 0.4) is 0 Å². The fourth-order valence-electron chi connectivity index (χ4n) is 2.00. The van der Waals surface area contributed by atoms with Crippen LogP contribution in [0.2, 0.25) is 0 Å². The number of sulfonamides is 1. The highest BCUT2D eigenvalue weighted by Crippen LogP contribution is 2.27. The maximum atomic E-state index is 12.2. The van der Waals surface area contributed by atoms with Crippen molar-refractivity contribution in [1.29, 1.82) is 0 Å². The fraction of sp³-hybridized carbons (Fsp3) is 0.188. The standard InChI is InChI=1S/C16H17BrN2O3S/c1-12-7-9-13(10-8-12)18-16(20)11-19(23(2,21)22)15-6-4-3-5-14(15)17/h3-10H,11H2,1-2H3,(H,18,20). The highest BCUT2D eigenvalue weighted by atomic mass is 79.9. The highest BCUT2D eigenvalue weighted by molar-refractivity contribution is 9.10. The first-order valence-corrected chi connectivity index (χ1v) is 9.50. The molecule has 0 atom stereocenters. The van der Waals surface area contributed by atoms with Crippen molar-refractivity contribution in [2.24, 2.45) is 0 Å². The van der Waals surface area contributed by atoms with Gasteiger partial charge in [-0.05, 0) is 47.1 Å². The number of para-hydroxylation sites is 1. The lowest BCUT2D eigenvalue weighted by Gasteiger charge is -2.23. The molecule has 0 radical (unpaired) electrons. The van der Waals surface area contributed by atoms with E-state index in [-0.39, 0.29) is 6.54 Å². The third-order valence-corrected chi connectivity index (χ3v) is 4.94. The minimum absolute atomic E-state index is 0.296. The SMILES string of the molecule is Cc1ccc(NC(=O)CN(c2ccccc2Br)S(C)(=O)=O)cc1. The van der Waals surface area contributed by atoms with Crippen LogP contribution in [0.15, 0.2) is 53.0 Å². The summed E-state index contributed by atoms with van der Waals surface area (Å²) in [6, 6.07) is 14.2. The zero-order valence-corrected chi connectivity index (χ0v) is 15.2. The van der Waals surface area contributed by atoms with Crippen LogP contribution in [0, 0.1) is 6.92 Å². The average molecular weight is 397 g/mol. The summed E-state index contributed by atoms with van der Waals surface area (Å²) < 4.78 is 25.8. The number of benzene rings is 2. The summed E-state index contributed by atoms with van der Waals surface area (Å²) in [6.45, 7) is 1.65. The molecular formula is C16H17BrN2O3S. The smallest absolute Gasteiger partial charge is 0.245 e. The summed E-state index contributed by atoms with van der Waals surface area (Å²) in [4.78, 5) is 12.2. The van der Waals surface area contributed by atoms with Gasteiger partial charge in [-0.3, -0.25) is 9.10 Å². The molecule has 0 aromatic heterocycles. The predicted molar refractivity (Wildman–Crippen MR) is 96.1 cm³/mol.